The average Bonchev–Trinajstić information content (AvgIpc) is 2.86. The maximum atomic E-state index is 9.17. The Morgan fingerprint density at radius 2 is 1.65 bits per heavy atom. The van der Waals surface area contributed by atoms with Crippen LogP contribution in [0.5, 0.6) is 0 Å². The van der Waals surface area contributed by atoms with E-state index in [9.17, 15) is 5.26 Å². The summed E-state index contributed by atoms with van der Waals surface area (Å²) >= 11 is 0. The fraction of sp³-hybridized carbons (Fsp3) is 0.174. The minimum absolute atomic E-state index is 0.695. The Bertz CT molecular complexity index is 957. The van der Waals surface area contributed by atoms with Crippen LogP contribution in [-0.4, -0.2) is 25.0 Å². The van der Waals surface area contributed by atoms with Gasteiger partial charge in [-0.1, -0.05) is 36.4 Å². The van der Waals surface area contributed by atoms with Crippen LogP contribution in [0.15, 0.2) is 72.8 Å². The summed E-state index contributed by atoms with van der Waals surface area (Å²) in [6.07, 6.45) is 0. The van der Waals surface area contributed by atoms with E-state index < -0.39 is 0 Å². The summed E-state index contributed by atoms with van der Waals surface area (Å²) < 4.78 is 0. The van der Waals surface area contributed by atoms with Crippen molar-refractivity contribution in [2.75, 3.05) is 25.0 Å². The molecular formula is C23H21N3. The number of hydrogen-bond donors (Lipinski definition) is 0. The molecule has 0 aromatic heterocycles. The summed E-state index contributed by atoms with van der Waals surface area (Å²) in [6.45, 7) is 2.91. The second-order valence-corrected chi connectivity index (χ2v) is 6.76. The molecule has 0 radical (unpaired) electrons. The van der Waals surface area contributed by atoms with Crippen LogP contribution in [0.25, 0.3) is 11.1 Å². The minimum Gasteiger partial charge on any atom is -0.340 e. The van der Waals surface area contributed by atoms with Crippen LogP contribution in [0.2, 0.25) is 0 Å². The van der Waals surface area contributed by atoms with Gasteiger partial charge in [0.25, 0.3) is 0 Å². The fourth-order valence-corrected chi connectivity index (χ4v) is 3.56. The van der Waals surface area contributed by atoms with E-state index in [0.29, 0.717) is 5.56 Å². The van der Waals surface area contributed by atoms with Gasteiger partial charge in [0.05, 0.1) is 11.6 Å². The van der Waals surface area contributed by atoms with Gasteiger partial charge in [-0.05, 0) is 60.1 Å². The summed E-state index contributed by atoms with van der Waals surface area (Å²) in [6, 6.07) is 27.3. The molecule has 0 aliphatic carbocycles. The Hall–Kier alpha value is -3.09. The Morgan fingerprint density at radius 3 is 2.46 bits per heavy atom. The van der Waals surface area contributed by atoms with Crippen molar-refractivity contribution in [2.24, 2.45) is 0 Å². The molecule has 0 fully saturated rings. The van der Waals surface area contributed by atoms with E-state index in [-0.39, 0.29) is 0 Å². The third kappa shape index (κ3) is 3.20. The van der Waals surface area contributed by atoms with Crippen molar-refractivity contribution in [1.82, 2.24) is 4.90 Å². The van der Waals surface area contributed by atoms with Crippen LogP contribution >= 0.6 is 0 Å². The summed E-state index contributed by atoms with van der Waals surface area (Å²) in [4.78, 5) is 4.76. The lowest BCUT2D eigenvalue weighted by Crippen LogP contribution is -2.26. The fourth-order valence-electron chi connectivity index (χ4n) is 3.56. The van der Waals surface area contributed by atoms with Crippen molar-refractivity contribution in [3.63, 3.8) is 0 Å². The van der Waals surface area contributed by atoms with Gasteiger partial charge in [0, 0.05) is 31.0 Å². The van der Waals surface area contributed by atoms with Crippen molar-refractivity contribution in [1.29, 1.82) is 5.26 Å². The lowest BCUT2D eigenvalue weighted by Gasteiger charge is -2.25. The van der Waals surface area contributed by atoms with E-state index in [2.05, 4.69) is 77.5 Å². The third-order valence-electron chi connectivity index (χ3n) is 4.91. The van der Waals surface area contributed by atoms with Gasteiger partial charge in [-0.3, -0.25) is 0 Å². The molecule has 0 amide bonds. The molecule has 0 spiro atoms. The summed E-state index contributed by atoms with van der Waals surface area (Å²) in [5.41, 5.74) is 6.74. The molecule has 0 N–H and O–H groups in total. The van der Waals surface area contributed by atoms with Crippen molar-refractivity contribution in [3.05, 3.63) is 83.9 Å². The first-order chi connectivity index (χ1) is 12.7. The topological polar surface area (TPSA) is 30.3 Å². The summed E-state index contributed by atoms with van der Waals surface area (Å²) in [5.74, 6) is 0. The van der Waals surface area contributed by atoms with Gasteiger partial charge in [0.2, 0.25) is 0 Å². The highest BCUT2D eigenvalue weighted by atomic mass is 15.2. The van der Waals surface area contributed by atoms with Gasteiger partial charge in [0.15, 0.2) is 0 Å². The number of likely N-dealkylation sites (N-methyl/N-ethyl adjacent to an activating group) is 1. The molecule has 1 aliphatic rings. The van der Waals surface area contributed by atoms with Crippen molar-refractivity contribution in [2.45, 2.75) is 6.54 Å². The van der Waals surface area contributed by atoms with Crippen LogP contribution in [-0.2, 0) is 6.54 Å². The highest BCUT2D eigenvalue weighted by Crippen LogP contribution is 2.34. The second kappa shape index (κ2) is 7.03. The number of fused-ring (bicyclic) bond motifs is 1. The molecule has 0 saturated carbocycles. The SMILES string of the molecule is CN1CCN(c2ccccc2)c2ccc(-c3cccc(C#N)c3)cc2C1. The van der Waals surface area contributed by atoms with E-state index in [0.717, 1.165) is 30.8 Å². The zero-order valence-corrected chi connectivity index (χ0v) is 14.9. The molecule has 0 saturated heterocycles. The molecule has 3 heteroatoms. The maximum absolute atomic E-state index is 9.17. The summed E-state index contributed by atoms with van der Waals surface area (Å²) in [7, 11) is 2.17. The average molecular weight is 339 g/mol. The van der Waals surface area contributed by atoms with E-state index in [1.165, 1.54) is 16.9 Å². The van der Waals surface area contributed by atoms with Gasteiger partial charge in [-0.2, -0.15) is 5.26 Å². The van der Waals surface area contributed by atoms with Gasteiger partial charge < -0.3 is 9.80 Å². The van der Waals surface area contributed by atoms with Crippen LogP contribution in [0, 0.1) is 11.3 Å². The van der Waals surface area contributed by atoms with Gasteiger partial charge in [-0.15, -0.1) is 0 Å². The molecule has 1 aliphatic heterocycles. The number of nitrogens with zero attached hydrogens (tertiary/aromatic N) is 3. The van der Waals surface area contributed by atoms with Crippen LogP contribution in [0.4, 0.5) is 11.4 Å². The van der Waals surface area contributed by atoms with E-state index >= 15 is 0 Å². The third-order valence-corrected chi connectivity index (χ3v) is 4.91. The number of benzene rings is 3. The molecule has 1 heterocycles. The molecule has 3 nitrogen and oxygen atoms in total. The van der Waals surface area contributed by atoms with Gasteiger partial charge in [0.1, 0.15) is 0 Å². The Balaban J connectivity index is 1.79. The molecule has 128 valence electrons. The Labute approximate surface area is 154 Å². The molecule has 4 rings (SSSR count). The molecule has 0 unspecified atom stereocenters. The molecule has 3 aromatic carbocycles. The molecule has 26 heavy (non-hydrogen) atoms. The lowest BCUT2D eigenvalue weighted by molar-refractivity contribution is 0.343. The lowest BCUT2D eigenvalue weighted by atomic mass is 9.99. The number of nitriles is 1. The van der Waals surface area contributed by atoms with Crippen molar-refractivity contribution >= 4 is 11.4 Å². The monoisotopic (exact) mass is 339 g/mol. The van der Waals surface area contributed by atoms with Crippen LogP contribution in [0.1, 0.15) is 11.1 Å². The highest BCUT2D eigenvalue weighted by Gasteiger charge is 2.19. The van der Waals surface area contributed by atoms with Crippen molar-refractivity contribution < 1.29 is 0 Å². The number of anilines is 2. The van der Waals surface area contributed by atoms with E-state index in [1.54, 1.807) is 0 Å². The second-order valence-electron chi connectivity index (χ2n) is 6.76. The Morgan fingerprint density at radius 1 is 0.846 bits per heavy atom. The summed E-state index contributed by atoms with van der Waals surface area (Å²) in [5, 5.41) is 9.17. The van der Waals surface area contributed by atoms with Crippen LogP contribution < -0.4 is 4.90 Å². The standard InChI is InChI=1S/C23H21N3/c1-25-12-13-26(22-8-3-2-4-9-22)23-11-10-20(15-21(23)17-25)19-7-5-6-18(14-19)16-24/h2-11,14-15H,12-13,17H2,1H3. The molecule has 0 atom stereocenters. The molecule has 0 bridgehead atoms. The number of rotatable bonds is 2. The van der Waals surface area contributed by atoms with Gasteiger partial charge >= 0.3 is 0 Å². The predicted molar refractivity (Wildman–Crippen MR) is 106 cm³/mol. The maximum Gasteiger partial charge on any atom is 0.0991 e. The Kier molecular flexibility index (Phi) is 4.43. The zero-order chi connectivity index (χ0) is 17.9. The normalized spacial score (nSPS) is 14.4. The highest BCUT2D eigenvalue weighted by molar-refractivity contribution is 5.74. The first-order valence-corrected chi connectivity index (χ1v) is 8.89. The quantitative estimate of drug-likeness (QED) is 0.671. The molecule has 3 aromatic rings. The first kappa shape index (κ1) is 16.4. The smallest absolute Gasteiger partial charge is 0.0991 e. The molecular weight excluding hydrogens is 318 g/mol. The van der Waals surface area contributed by atoms with Crippen LogP contribution in [0.3, 0.4) is 0 Å². The van der Waals surface area contributed by atoms with E-state index in [1.807, 2.05) is 18.2 Å². The van der Waals surface area contributed by atoms with Gasteiger partial charge in [-0.25, -0.2) is 0 Å². The largest absolute Gasteiger partial charge is 0.340 e. The zero-order valence-electron chi connectivity index (χ0n) is 14.9. The first-order valence-electron chi connectivity index (χ1n) is 8.89. The minimum atomic E-state index is 0.695. The number of hydrogen-bond acceptors (Lipinski definition) is 3. The van der Waals surface area contributed by atoms with E-state index in [4.69, 9.17) is 0 Å². The predicted octanol–water partition coefficient (Wildman–Crippen LogP) is 4.81. The number of para-hydroxylation sites is 1. The van der Waals surface area contributed by atoms with Crippen molar-refractivity contribution in [3.8, 4) is 17.2 Å².